The second kappa shape index (κ2) is 26.2. The van der Waals surface area contributed by atoms with E-state index < -0.39 is 0 Å². The molecular formula is C95H59N9. The van der Waals surface area contributed by atoms with Crippen molar-refractivity contribution < 1.29 is 0 Å². The Morgan fingerprint density at radius 1 is 0.163 bits per heavy atom. The van der Waals surface area contributed by atoms with Crippen LogP contribution in [0.25, 0.3) is 198 Å². The molecular weight excluding hydrogens is 1270 g/mol. The largest absolute Gasteiger partial charge is 0.265 e. The molecule has 0 aliphatic rings. The summed E-state index contributed by atoms with van der Waals surface area (Å²) in [6.07, 6.45) is 18.4. The van der Waals surface area contributed by atoms with Gasteiger partial charge in [-0.25, -0.2) is 15.0 Å². The van der Waals surface area contributed by atoms with Crippen molar-refractivity contribution in [3.05, 3.63) is 359 Å². The highest BCUT2D eigenvalue weighted by Crippen LogP contribution is 2.42. The highest BCUT2D eigenvalue weighted by molar-refractivity contribution is 6.14. The van der Waals surface area contributed by atoms with E-state index in [0.717, 1.165) is 144 Å². The van der Waals surface area contributed by atoms with Gasteiger partial charge in [0.25, 0.3) is 0 Å². The Kier molecular flexibility index (Phi) is 15.3. The van der Waals surface area contributed by atoms with E-state index in [1.807, 2.05) is 98.1 Å². The molecule has 0 radical (unpaired) electrons. The molecule has 0 N–H and O–H groups in total. The molecule has 484 valence electrons. The fourth-order valence-corrected chi connectivity index (χ4v) is 14.6. The molecule has 9 nitrogen and oxygen atoms in total. The lowest BCUT2D eigenvalue weighted by atomic mass is 9.92. The third kappa shape index (κ3) is 11.6. The van der Waals surface area contributed by atoms with Gasteiger partial charge in [0.05, 0.1) is 44.8 Å². The molecule has 20 aromatic rings. The summed E-state index contributed by atoms with van der Waals surface area (Å²) in [7, 11) is 0. The van der Waals surface area contributed by atoms with Crippen molar-refractivity contribution in [2.45, 2.75) is 0 Å². The number of fused-ring (bicyclic) bond motifs is 11. The maximum atomic E-state index is 5.17. The minimum absolute atomic E-state index is 0.874. The second-order valence-electron chi connectivity index (χ2n) is 26.2. The molecule has 104 heavy (non-hydrogen) atoms. The maximum absolute atomic E-state index is 5.17. The molecule has 9 heteroatoms. The zero-order valence-corrected chi connectivity index (χ0v) is 56.1. The van der Waals surface area contributed by atoms with Gasteiger partial charge in [-0.3, -0.25) is 29.9 Å². The van der Waals surface area contributed by atoms with Gasteiger partial charge in [-0.1, -0.05) is 158 Å². The lowest BCUT2D eigenvalue weighted by Gasteiger charge is -2.14. The van der Waals surface area contributed by atoms with Gasteiger partial charge in [-0.15, -0.1) is 0 Å². The van der Waals surface area contributed by atoms with Crippen molar-refractivity contribution in [3.8, 4) is 112 Å². The Bertz CT molecular complexity index is 6280. The third-order valence-electron chi connectivity index (χ3n) is 19.9. The first-order valence-corrected chi connectivity index (χ1v) is 34.7. The van der Waals surface area contributed by atoms with Crippen molar-refractivity contribution in [2.75, 3.05) is 0 Å². The standard InChI is InChI=1S/C48H30N4.C47H29N5/c1-2-5-33(6-3-1)46-30-45(44-13-12-34-7-4-18-51-47(34)48(44)52-46)38-11-10-37-24-41-23-36(9-8-35(41)25-42(37)26-38)43-28-39(31-14-19-49-20-15-31)27-40(29-43)32-16-21-50-22-17-32;1-2-7-30(8-3-1)45-27-42(41-19-14-31-9-6-22-50-46(31)47(41)52-45)35-16-18-40-34(24-35)13-12-33-23-32(15-17-39(33)40)38-25-43(36-10-4-20-48-28-36)51-44(26-38)37-11-5-21-49-29-37/h1-30H;1-29H. The molecule has 11 aromatic carbocycles. The Morgan fingerprint density at radius 3 is 1.03 bits per heavy atom. The summed E-state index contributed by atoms with van der Waals surface area (Å²) in [5, 5.41) is 13.9. The number of hydrogen-bond acceptors (Lipinski definition) is 9. The van der Waals surface area contributed by atoms with Gasteiger partial charge >= 0.3 is 0 Å². The van der Waals surface area contributed by atoms with Crippen LogP contribution >= 0.6 is 0 Å². The summed E-state index contributed by atoms with van der Waals surface area (Å²) < 4.78 is 0. The minimum Gasteiger partial charge on any atom is -0.265 e. The summed E-state index contributed by atoms with van der Waals surface area (Å²) in [5.74, 6) is 0. The van der Waals surface area contributed by atoms with Gasteiger partial charge in [0.15, 0.2) is 0 Å². The molecule has 0 saturated heterocycles. The summed E-state index contributed by atoms with van der Waals surface area (Å²) >= 11 is 0. The van der Waals surface area contributed by atoms with Crippen molar-refractivity contribution in [2.24, 2.45) is 0 Å². The third-order valence-corrected chi connectivity index (χ3v) is 19.9. The smallest absolute Gasteiger partial charge is 0.0978 e. The van der Waals surface area contributed by atoms with Crippen LogP contribution in [0.15, 0.2) is 359 Å². The number of benzene rings is 11. The van der Waals surface area contributed by atoms with Crippen LogP contribution < -0.4 is 0 Å². The highest BCUT2D eigenvalue weighted by atomic mass is 14.8. The predicted octanol–water partition coefficient (Wildman–Crippen LogP) is 23.8. The summed E-state index contributed by atoms with van der Waals surface area (Å²) in [6.45, 7) is 0. The first-order chi connectivity index (χ1) is 51.5. The van der Waals surface area contributed by atoms with Crippen LogP contribution in [-0.4, -0.2) is 44.9 Å². The molecule has 20 rings (SSSR count). The molecule has 0 amide bonds. The van der Waals surface area contributed by atoms with Crippen LogP contribution in [-0.2, 0) is 0 Å². The predicted molar refractivity (Wildman–Crippen MR) is 427 cm³/mol. The van der Waals surface area contributed by atoms with Crippen LogP contribution in [0, 0.1) is 0 Å². The summed E-state index contributed by atoms with van der Waals surface area (Å²) in [5.41, 5.74) is 25.1. The molecule has 0 unspecified atom stereocenters. The zero-order chi connectivity index (χ0) is 68.9. The van der Waals surface area contributed by atoms with Gasteiger partial charge in [-0.05, 0) is 249 Å². The van der Waals surface area contributed by atoms with E-state index in [2.05, 4.69) is 269 Å². The second-order valence-corrected chi connectivity index (χ2v) is 26.2. The first kappa shape index (κ1) is 61.0. The van der Waals surface area contributed by atoms with Gasteiger partial charge in [0, 0.05) is 106 Å². The van der Waals surface area contributed by atoms with Crippen LogP contribution in [0.1, 0.15) is 0 Å². The average Bonchev–Trinajstić information content (AvgIpc) is 0.756. The first-order valence-electron chi connectivity index (χ1n) is 34.7. The number of hydrogen-bond donors (Lipinski definition) is 0. The van der Waals surface area contributed by atoms with Crippen LogP contribution in [0.4, 0.5) is 0 Å². The van der Waals surface area contributed by atoms with Crippen molar-refractivity contribution in [1.29, 1.82) is 0 Å². The van der Waals surface area contributed by atoms with E-state index in [9.17, 15) is 0 Å². The average molecular weight is 1330 g/mol. The molecule has 9 heterocycles. The van der Waals surface area contributed by atoms with E-state index in [1.165, 1.54) is 54.2 Å². The number of nitrogens with zero attached hydrogens (tertiary/aromatic N) is 9. The van der Waals surface area contributed by atoms with Crippen molar-refractivity contribution in [3.63, 3.8) is 0 Å². The van der Waals surface area contributed by atoms with Gasteiger partial charge < -0.3 is 0 Å². The van der Waals surface area contributed by atoms with Crippen LogP contribution in [0.5, 0.6) is 0 Å². The number of rotatable bonds is 10. The fourth-order valence-electron chi connectivity index (χ4n) is 14.6. The van der Waals surface area contributed by atoms with Gasteiger partial charge in [-0.2, -0.15) is 0 Å². The highest BCUT2D eigenvalue weighted by Gasteiger charge is 2.19. The SMILES string of the molecule is c1ccc(-c2cc(-c3ccc4c(ccc5cc(-c6cc(-c7cccnc7)nc(-c7cccnc7)c6)ccc54)c3)c3ccc4cccnc4c3n2)cc1.c1ccc(-c2cc(-c3ccc4cc5cc(-c6cc(-c7ccncc7)cc(-c7ccncc7)c6)ccc5cc4c3)c3ccc4cccnc4c3n2)cc1. The van der Waals surface area contributed by atoms with Crippen molar-refractivity contribution in [1.82, 2.24) is 44.9 Å². The lowest BCUT2D eigenvalue weighted by molar-refractivity contribution is 1.26. The molecule has 9 aromatic heterocycles. The number of aromatic nitrogens is 9. The quantitative estimate of drug-likeness (QED) is 0.0975. The van der Waals surface area contributed by atoms with Gasteiger partial charge in [0.2, 0.25) is 0 Å². The Labute approximate surface area is 598 Å². The van der Waals surface area contributed by atoms with E-state index in [0.29, 0.717) is 0 Å². The van der Waals surface area contributed by atoms with Crippen LogP contribution in [0.3, 0.4) is 0 Å². The van der Waals surface area contributed by atoms with E-state index in [-0.39, 0.29) is 0 Å². The molecule has 0 saturated carbocycles. The van der Waals surface area contributed by atoms with Crippen molar-refractivity contribution >= 4 is 86.7 Å². The Balaban J connectivity index is 0.000000143. The topological polar surface area (TPSA) is 116 Å². The summed E-state index contributed by atoms with van der Waals surface area (Å²) in [6, 6.07) is 106. The molecule has 0 atom stereocenters. The summed E-state index contributed by atoms with van der Waals surface area (Å²) in [4.78, 5) is 42.0. The Hall–Kier alpha value is -14.2. The Morgan fingerprint density at radius 2 is 0.538 bits per heavy atom. The zero-order valence-electron chi connectivity index (χ0n) is 56.1. The normalized spacial score (nSPS) is 11.5. The van der Waals surface area contributed by atoms with E-state index in [1.54, 1.807) is 12.4 Å². The maximum Gasteiger partial charge on any atom is 0.0978 e. The monoisotopic (exact) mass is 1330 g/mol. The molecule has 0 aliphatic heterocycles. The van der Waals surface area contributed by atoms with Gasteiger partial charge in [0.1, 0.15) is 0 Å². The van der Waals surface area contributed by atoms with Crippen LogP contribution in [0.2, 0.25) is 0 Å². The number of pyridine rings is 9. The van der Waals surface area contributed by atoms with E-state index in [4.69, 9.17) is 24.9 Å². The molecule has 0 bridgehead atoms. The molecule has 0 aliphatic carbocycles. The minimum atomic E-state index is 0.874. The molecule has 0 spiro atoms. The lowest BCUT2D eigenvalue weighted by Crippen LogP contribution is -1.93. The molecule has 0 fully saturated rings. The van der Waals surface area contributed by atoms with E-state index >= 15 is 0 Å². The fraction of sp³-hybridized carbons (Fsp3) is 0.